The summed E-state index contributed by atoms with van der Waals surface area (Å²) in [7, 11) is 0. The van der Waals surface area contributed by atoms with Crippen molar-refractivity contribution in [3.05, 3.63) is 12.2 Å². The fourth-order valence-corrected chi connectivity index (χ4v) is 11.3. The molecule has 0 amide bonds. The standard InChI is InChI=1S/C30H46O4/c1-18(2)19-9-14-30(25(33)34)16-15-28(5)20(24(19)30)7-8-22-26(3)12-11-23(32)27(4,17-31)21(26)10-13-29(22,28)6/h19-22,24,31H,1,7-17H2,2-6H3,(H,33,34)/t19-,20+,21+,22+,24+,26-,27+,28+,29+,30-/m0/s1. The van der Waals surface area contributed by atoms with Crippen LogP contribution in [0.5, 0.6) is 0 Å². The van der Waals surface area contributed by atoms with E-state index in [1.54, 1.807) is 0 Å². The lowest BCUT2D eigenvalue weighted by molar-refractivity contribution is -0.238. The molecule has 4 heteroatoms. The molecular formula is C30H46O4. The fraction of sp³-hybridized carbons (Fsp3) is 0.867. The van der Waals surface area contributed by atoms with Crippen molar-refractivity contribution in [2.75, 3.05) is 6.61 Å². The van der Waals surface area contributed by atoms with E-state index in [0.717, 1.165) is 57.8 Å². The van der Waals surface area contributed by atoms with Crippen LogP contribution in [0.15, 0.2) is 12.2 Å². The van der Waals surface area contributed by atoms with Crippen LogP contribution in [-0.4, -0.2) is 28.6 Å². The van der Waals surface area contributed by atoms with Crippen LogP contribution in [-0.2, 0) is 9.59 Å². The number of aliphatic hydroxyl groups excluding tert-OH is 1. The molecule has 0 aliphatic heterocycles. The molecule has 0 heterocycles. The van der Waals surface area contributed by atoms with Gasteiger partial charge in [0.15, 0.2) is 0 Å². The maximum atomic E-state index is 13.0. The van der Waals surface area contributed by atoms with E-state index in [4.69, 9.17) is 0 Å². The highest BCUT2D eigenvalue weighted by Gasteiger charge is 2.72. The van der Waals surface area contributed by atoms with E-state index in [1.807, 2.05) is 6.92 Å². The number of carboxylic acid groups (broad SMARTS) is 1. The Morgan fingerprint density at radius 2 is 1.65 bits per heavy atom. The molecule has 10 atom stereocenters. The number of carboxylic acids is 1. The van der Waals surface area contributed by atoms with Crippen LogP contribution in [0, 0.1) is 56.7 Å². The second-order valence-electron chi connectivity index (χ2n) is 14.1. The molecule has 34 heavy (non-hydrogen) atoms. The van der Waals surface area contributed by atoms with Crippen LogP contribution in [0.2, 0.25) is 0 Å². The van der Waals surface area contributed by atoms with Gasteiger partial charge in [0.25, 0.3) is 0 Å². The van der Waals surface area contributed by atoms with E-state index in [1.165, 1.54) is 5.57 Å². The zero-order chi connectivity index (χ0) is 24.9. The first kappa shape index (κ1) is 24.5. The molecule has 2 N–H and O–H groups in total. The van der Waals surface area contributed by atoms with Crippen LogP contribution in [0.25, 0.3) is 0 Å². The zero-order valence-electron chi connectivity index (χ0n) is 22.1. The zero-order valence-corrected chi connectivity index (χ0v) is 22.1. The molecule has 0 unspecified atom stereocenters. The highest BCUT2D eigenvalue weighted by atomic mass is 16.4. The lowest BCUT2D eigenvalue weighted by Gasteiger charge is -2.72. The average molecular weight is 471 g/mol. The predicted molar refractivity (Wildman–Crippen MR) is 133 cm³/mol. The SMILES string of the molecule is C=C(C)[C@@H]1CC[C@]2(C(=O)O)CC[C@]3(C)[C@H](CC[C@@H]4[C@@]5(C)CCC(=O)[C@](C)(CO)[C@@H]5CC[C@]43C)[C@@H]12. The Kier molecular flexibility index (Phi) is 5.36. The van der Waals surface area contributed by atoms with Gasteiger partial charge in [-0.3, -0.25) is 9.59 Å². The number of hydrogen-bond donors (Lipinski definition) is 2. The van der Waals surface area contributed by atoms with Crippen molar-refractivity contribution in [2.24, 2.45) is 56.7 Å². The lowest BCUT2D eigenvalue weighted by atomic mass is 9.32. The van der Waals surface area contributed by atoms with Crippen LogP contribution in [0.3, 0.4) is 0 Å². The van der Waals surface area contributed by atoms with E-state index in [-0.39, 0.29) is 40.5 Å². The number of aliphatic carboxylic acids is 1. The highest BCUT2D eigenvalue weighted by Crippen LogP contribution is 2.77. The van der Waals surface area contributed by atoms with Crippen molar-refractivity contribution < 1.29 is 19.8 Å². The molecule has 0 aromatic rings. The summed E-state index contributed by atoms with van der Waals surface area (Å²) >= 11 is 0. The minimum Gasteiger partial charge on any atom is -0.481 e. The van der Waals surface area contributed by atoms with Gasteiger partial charge in [-0.1, -0.05) is 39.8 Å². The molecule has 0 spiro atoms. The van der Waals surface area contributed by atoms with Gasteiger partial charge in [0.05, 0.1) is 17.4 Å². The quantitative estimate of drug-likeness (QED) is 0.477. The van der Waals surface area contributed by atoms with Gasteiger partial charge >= 0.3 is 5.97 Å². The summed E-state index contributed by atoms with van der Waals surface area (Å²) in [5.74, 6) is 1.35. The largest absolute Gasteiger partial charge is 0.481 e. The van der Waals surface area contributed by atoms with Crippen molar-refractivity contribution in [1.29, 1.82) is 0 Å². The molecule has 0 radical (unpaired) electrons. The van der Waals surface area contributed by atoms with Gasteiger partial charge in [-0.05, 0) is 111 Å². The van der Waals surface area contributed by atoms with E-state index in [2.05, 4.69) is 34.3 Å². The van der Waals surface area contributed by atoms with Gasteiger partial charge in [0.2, 0.25) is 0 Å². The maximum Gasteiger partial charge on any atom is 0.309 e. The fourth-order valence-electron chi connectivity index (χ4n) is 11.3. The van der Waals surface area contributed by atoms with Gasteiger partial charge < -0.3 is 10.2 Å². The molecule has 5 rings (SSSR count). The topological polar surface area (TPSA) is 74.6 Å². The third-order valence-electron chi connectivity index (χ3n) is 13.4. The Hall–Kier alpha value is -1.16. The second-order valence-corrected chi connectivity index (χ2v) is 14.1. The summed E-state index contributed by atoms with van der Waals surface area (Å²) < 4.78 is 0. The Balaban J connectivity index is 1.57. The minimum absolute atomic E-state index is 0.0427. The van der Waals surface area contributed by atoms with E-state index >= 15 is 0 Å². The number of hydrogen-bond acceptors (Lipinski definition) is 3. The molecule has 0 saturated heterocycles. The van der Waals surface area contributed by atoms with Crippen molar-refractivity contribution in [3.8, 4) is 0 Å². The number of ketones is 1. The summed E-state index contributed by atoms with van der Waals surface area (Å²) in [5.41, 5.74) is 0.257. The first-order chi connectivity index (χ1) is 15.8. The maximum absolute atomic E-state index is 13.0. The minimum atomic E-state index is -0.617. The first-order valence-corrected chi connectivity index (χ1v) is 13.8. The number of allylic oxidation sites excluding steroid dienone is 1. The van der Waals surface area contributed by atoms with Crippen molar-refractivity contribution in [3.63, 3.8) is 0 Å². The average Bonchev–Trinajstić information content (AvgIpc) is 3.18. The smallest absolute Gasteiger partial charge is 0.309 e. The van der Waals surface area contributed by atoms with Crippen LogP contribution in [0.4, 0.5) is 0 Å². The summed E-state index contributed by atoms with van der Waals surface area (Å²) in [6.07, 6.45) is 9.35. The molecule has 0 aromatic carbocycles. The first-order valence-electron chi connectivity index (χ1n) is 13.8. The number of carbonyl (C=O) groups excluding carboxylic acids is 1. The van der Waals surface area contributed by atoms with Crippen LogP contribution < -0.4 is 0 Å². The molecule has 0 aromatic heterocycles. The third kappa shape index (κ3) is 2.70. The monoisotopic (exact) mass is 470 g/mol. The Labute approximate surface area is 206 Å². The molecular weight excluding hydrogens is 424 g/mol. The normalized spacial score (nSPS) is 54.4. The van der Waals surface area contributed by atoms with Gasteiger partial charge in [-0.2, -0.15) is 0 Å². The van der Waals surface area contributed by atoms with Crippen molar-refractivity contribution in [2.45, 2.75) is 98.8 Å². The van der Waals surface area contributed by atoms with Gasteiger partial charge in [0, 0.05) is 6.42 Å². The molecule has 5 fully saturated rings. The van der Waals surface area contributed by atoms with Crippen LogP contribution in [0.1, 0.15) is 98.8 Å². The number of carbonyl (C=O) groups is 2. The Morgan fingerprint density at radius 3 is 2.26 bits per heavy atom. The van der Waals surface area contributed by atoms with E-state index in [9.17, 15) is 19.8 Å². The molecule has 5 saturated carbocycles. The number of Topliss-reactive ketones (excluding diaryl/α,β-unsaturated/α-hetero) is 1. The molecule has 0 bridgehead atoms. The molecule has 5 aliphatic carbocycles. The molecule has 190 valence electrons. The summed E-state index contributed by atoms with van der Waals surface area (Å²) in [5, 5.41) is 20.8. The third-order valence-corrected chi connectivity index (χ3v) is 13.4. The summed E-state index contributed by atoms with van der Waals surface area (Å²) in [6.45, 7) is 15.9. The Bertz CT molecular complexity index is 925. The van der Waals surface area contributed by atoms with Crippen molar-refractivity contribution in [1.82, 2.24) is 0 Å². The predicted octanol–water partition coefficient (Wildman–Crippen LogP) is 6.27. The van der Waals surface area contributed by atoms with Crippen LogP contribution >= 0.6 is 0 Å². The van der Waals surface area contributed by atoms with Gasteiger partial charge in [0.1, 0.15) is 5.78 Å². The van der Waals surface area contributed by atoms with E-state index in [0.29, 0.717) is 24.2 Å². The summed E-state index contributed by atoms with van der Waals surface area (Å²) in [6, 6.07) is 0. The highest BCUT2D eigenvalue weighted by molar-refractivity contribution is 5.86. The van der Waals surface area contributed by atoms with Crippen molar-refractivity contribution >= 4 is 11.8 Å². The number of aliphatic hydroxyl groups is 1. The second kappa shape index (κ2) is 7.43. The number of rotatable bonds is 3. The van der Waals surface area contributed by atoms with E-state index < -0.39 is 16.8 Å². The molecule has 5 aliphatic rings. The molecule has 4 nitrogen and oxygen atoms in total. The van der Waals surface area contributed by atoms with Gasteiger partial charge in [-0.15, -0.1) is 0 Å². The van der Waals surface area contributed by atoms with Gasteiger partial charge in [-0.25, -0.2) is 0 Å². The lowest BCUT2D eigenvalue weighted by Crippen LogP contribution is -2.67. The summed E-state index contributed by atoms with van der Waals surface area (Å²) in [4.78, 5) is 25.7. The Morgan fingerprint density at radius 1 is 0.941 bits per heavy atom. The number of fused-ring (bicyclic) bond motifs is 7.